The molecule has 2 aromatic rings. The Labute approximate surface area is 153 Å². The molecule has 2 N–H and O–H groups in total. The average molecular weight is 384 g/mol. The van der Waals surface area contributed by atoms with Gasteiger partial charge in [0.25, 0.3) is 5.91 Å². The van der Waals surface area contributed by atoms with Gasteiger partial charge in [0, 0.05) is 12.6 Å². The predicted octanol–water partition coefficient (Wildman–Crippen LogP) is 3.60. The lowest BCUT2D eigenvalue weighted by Crippen LogP contribution is -2.17. The molecule has 2 rings (SSSR count). The van der Waals surface area contributed by atoms with Crippen molar-refractivity contribution in [2.24, 2.45) is 0 Å². The van der Waals surface area contributed by atoms with E-state index in [-0.39, 0.29) is 23.7 Å². The maximum Gasteiger partial charge on any atom is 0.433 e. The molecule has 0 saturated carbocycles. The molecular weight excluding hydrogens is 365 g/mol. The molecule has 0 radical (unpaired) electrons. The highest BCUT2D eigenvalue weighted by molar-refractivity contribution is 6.06. The van der Waals surface area contributed by atoms with Crippen molar-refractivity contribution in [2.45, 2.75) is 39.3 Å². The van der Waals surface area contributed by atoms with E-state index >= 15 is 0 Å². The van der Waals surface area contributed by atoms with Crippen molar-refractivity contribution in [3.05, 3.63) is 41.1 Å². The lowest BCUT2D eigenvalue weighted by Gasteiger charge is -2.07. The molecule has 0 atom stereocenters. The van der Waals surface area contributed by atoms with Crippen molar-refractivity contribution in [1.29, 1.82) is 0 Å². The maximum absolute atomic E-state index is 12.6. The quantitative estimate of drug-likeness (QED) is 0.711. The fourth-order valence-electron chi connectivity index (χ4n) is 2.20. The molecule has 0 fully saturated rings. The van der Waals surface area contributed by atoms with Crippen molar-refractivity contribution in [2.75, 3.05) is 11.9 Å². The Hall–Kier alpha value is -2.91. The van der Waals surface area contributed by atoms with Gasteiger partial charge in [-0.25, -0.2) is 9.78 Å². The maximum atomic E-state index is 12.6. The first-order valence-corrected chi connectivity index (χ1v) is 8.36. The molecule has 0 aliphatic carbocycles. The SMILES string of the molecule is CCCCc1nc(NC(=O)c2ccc(C(F)(F)F)nc2)c(C(=O)OCC)[nH]1. The van der Waals surface area contributed by atoms with Gasteiger partial charge in [0.15, 0.2) is 11.5 Å². The molecule has 146 valence electrons. The molecule has 2 heterocycles. The van der Waals surface area contributed by atoms with Gasteiger partial charge < -0.3 is 15.0 Å². The van der Waals surface area contributed by atoms with Crippen LogP contribution in [-0.4, -0.2) is 33.4 Å². The van der Waals surface area contributed by atoms with Crippen molar-refractivity contribution in [3.8, 4) is 0 Å². The molecule has 2 aromatic heterocycles. The van der Waals surface area contributed by atoms with E-state index in [9.17, 15) is 22.8 Å². The molecule has 0 aliphatic rings. The zero-order valence-corrected chi connectivity index (χ0v) is 14.8. The predicted molar refractivity (Wildman–Crippen MR) is 90.3 cm³/mol. The van der Waals surface area contributed by atoms with Crippen LogP contribution in [0.25, 0.3) is 0 Å². The molecule has 0 spiro atoms. The lowest BCUT2D eigenvalue weighted by molar-refractivity contribution is -0.141. The third-order valence-electron chi connectivity index (χ3n) is 3.55. The molecule has 0 unspecified atom stereocenters. The summed E-state index contributed by atoms with van der Waals surface area (Å²) in [5.41, 5.74) is -1.22. The number of aromatic nitrogens is 3. The number of alkyl halides is 3. The second-order valence-electron chi connectivity index (χ2n) is 5.62. The van der Waals surface area contributed by atoms with Gasteiger partial charge in [0.05, 0.1) is 12.2 Å². The number of ether oxygens (including phenoxy) is 1. The highest BCUT2D eigenvalue weighted by atomic mass is 19.4. The summed E-state index contributed by atoms with van der Waals surface area (Å²) < 4.78 is 42.6. The van der Waals surface area contributed by atoms with Crippen molar-refractivity contribution in [3.63, 3.8) is 0 Å². The highest BCUT2D eigenvalue weighted by Gasteiger charge is 2.32. The number of carbonyl (C=O) groups is 2. The minimum absolute atomic E-state index is 0.0174. The normalized spacial score (nSPS) is 11.3. The first-order valence-electron chi connectivity index (χ1n) is 8.36. The second kappa shape index (κ2) is 8.65. The summed E-state index contributed by atoms with van der Waals surface area (Å²) in [6.07, 6.45) is -1.48. The number of rotatable bonds is 7. The number of nitrogens with one attached hydrogen (secondary N) is 2. The van der Waals surface area contributed by atoms with Crippen LogP contribution in [0.1, 0.15) is 59.1 Å². The van der Waals surface area contributed by atoms with Crippen LogP contribution in [0.15, 0.2) is 18.3 Å². The van der Waals surface area contributed by atoms with Crippen molar-refractivity contribution < 1.29 is 27.5 Å². The van der Waals surface area contributed by atoms with Crippen LogP contribution < -0.4 is 5.32 Å². The number of halogens is 3. The van der Waals surface area contributed by atoms with Gasteiger partial charge in [-0.15, -0.1) is 0 Å². The Kier molecular flexibility index (Phi) is 6.54. The number of hydrogen-bond acceptors (Lipinski definition) is 5. The molecule has 27 heavy (non-hydrogen) atoms. The van der Waals surface area contributed by atoms with E-state index in [1.54, 1.807) is 6.92 Å². The number of nitrogens with zero attached hydrogens (tertiary/aromatic N) is 2. The van der Waals surface area contributed by atoms with Crippen molar-refractivity contribution in [1.82, 2.24) is 15.0 Å². The number of amides is 1. The first kappa shape index (κ1) is 20.4. The summed E-state index contributed by atoms with van der Waals surface area (Å²) in [5.74, 6) is -0.964. The lowest BCUT2D eigenvalue weighted by atomic mass is 10.2. The topological polar surface area (TPSA) is 97.0 Å². The number of imidazole rings is 1. The highest BCUT2D eigenvalue weighted by Crippen LogP contribution is 2.27. The Bertz CT molecular complexity index is 801. The molecule has 0 aromatic carbocycles. The summed E-state index contributed by atoms with van der Waals surface area (Å²) in [7, 11) is 0. The minimum Gasteiger partial charge on any atom is -0.461 e. The summed E-state index contributed by atoms with van der Waals surface area (Å²) >= 11 is 0. The van der Waals surface area contributed by atoms with Gasteiger partial charge >= 0.3 is 12.1 Å². The number of esters is 1. The van der Waals surface area contributed by atoms with Crippen LogP contribution in [0, 0.1) is 0 Å². The fraction of sp³-hybridized carbons (Fsp3) is 0.412. The average Bonchev–Trinajstić information content (AvgIpc) is 3.02. The van der Waals surface area contributed by atoms with Gasteiger partial charge in [0.1, 0.15) is 11.5 Å². The van der Waals surface area contributed by atoms with Crippen LogP contribution >= 0.6 is 0 Å². The number of anilines is 1. The number of pyridine rings is 1. The minimum atomic E-state index is -4.59. The van der Waals surface area contributed by atoms with E-state index in [0.717, 1.165) is 25.1 Å². The molecule has 0 bridgehead atoms. The van der Waals surface area contributed by atoms with Crippen molar-refractivity contribution >= 4 is 17.7 Å². The van der Waals surface area contributed by atoms with E-state index in [0.29, 0.717) is 18.3 Å². The fourth-order valence-corrected chi connectivity index (χ4v) is 2.20. The molecule has 10 heteroatoms. The molecule has 1 amide bonds. The monoisotopic (exact) mass is 384 g/mol. The zero-order valence-electron chi connectivity index (χ0n) is 14.8. The smallest absolute Gasteiger partial charge is 0.433 e. The third kappa shape index (κ3) is 5.28. The van der Waals surface area contributed by atoms with Crippen LogP contribution in [0.3, 0.4) is 0 Å². The molecular formula is C17H19F3N4O3. The van der Waals surface area contributed by atoms with Crippen LogP contribution in [-0.2, 0) is 17.3 Å². The van der Waals surface area contributed by atoms with Crippen LogP contribution in [0.5, 0.6) is 0 Å². The number of hydrogen-bond donors (Lipinski definition) is 2. The van der Waals surface area contributed by atoms with Gasteiger partial charge in [-0.3, -0.25) is 9.78 Å². The largest absolute Gasteiger partial charge is 0.461 e. The number of aryl methyl sites for hydroxylation is 1. The van der Waals surface area contributed by atoms with E-state index in [1.807, 2.05) is 6.92 Å². The first-order chi connectivity index (χ1) is 12.8. The zero-order chi connectivity index (χ0) is 20.0. The molecule has 0 saturated heterocycles. The van der Waals surface area contributed by atoms with E-state index in [1.165, 1.54) is 0 Å². The summed E-state index contributed by atoms with van der Waals surface area (Å²) in [4.78, 5) is 34.6. The molecule has 0 aliphatic heterocycles. The number of unbranched alkanes of at least 4 members (excludes halogenated alkanes) is 1. The van der Waals surface area contributed by atoms with E-state index in [2.05, 4.69) is 20.3 Å². The van der Waals surface area contributed by atoms with Crippen LogP contribution in [0.4, 0.5) is 19.0 Å². The summed E-state index contributed by atoms with van der Waals surface area (Å²) in [5, 5.41) is 2.42. The second-order valence-corrected chi connectivity index (χ2v) is 5.62. The van der Waals surface area contributed by atoms with E-state index < -0.39 is 23.7 Å². The molecule has 7 nitrogen and oxygen atoms in total. The van der Waals surface area contributed by atoms with Gasteiger partial charge in [0.2, 0.25) is 0 Å². The van der Waals surface area contributed by atoms with Gasteiger partial charge in [-0.2, -0.15) is 13.2 Å². The Morgan fingerprint density at radius 2 is 2.00 bits per heavy atom. The Morgan fingerprint density at radius 3 is 2.56 bits per heavy atom. The summed E-state index contributed by atoms with van der Waals surface area (Å²) in [6, 6.07) is 1.71. The number of carbonyl (C=O) groups excluding carboxylic acids is 2. The summed E-state index contributed by atoms with van der Waals surface area (Å²) in [6.45, 7) is 3.77. The Morgan fingerprint density at radius 1 is 1.26 bits per heavy atom. The van der Waals surface area contributed by atoms with Gasteiger partial charge in [-0.05, 0) is 25.5 Å². The number of aromatic amines is 1. The van der Waals surface area contributed by atoms with Crippen LogP contribution in [0.2, 0.25) is 0 Å². The Balaban J connectivity index is 2.22. The standard InChI is InChI=1S/C17H19F3N4O3/c1-3-5-6-12-22-13(16(26)27-4-2)14(23-12)24-15(25)10-7-8-11(21-9-10)17(18,19)20/h7-9H,3-6H2,1-2H3,(H,22,23)(H,24,25). The van der Waals surface area contributed by atoms with E-state index in [4.69, 9.17) is 4.74 Å². The number of H-pyrrole nitrogens is 1. The van der Waals surface area contributed by atoms with Gasteiger partial charge in [-0.1, -0.05) is 13.3 Å². The third-order valence-corrected chi connectivity index (χ3v) is 3.55.